The lowest BCUT2D eigenvalue weighted by Gasteiger charge is -2.22. The highest BCUT2D eigenvalue weighted by molar-refractivity contribution is 7.12. The number of rotatable bonds is 6. The second-order valence-corrected chi connectivity index (χ2v) is 10.2. The number of carbonyl (C=O) groups is 1. The number of nitrogens with zero attached hydrogens (tertiary/aromatic N) is 2. The third kappa shape index (κ3) is 4.80. The van der Waals surface area contributed by atoms with Crippen molar-refractivity contribution in [1.82, 2.24) is 20.7 Å². The standard InChI is InChI=1S/C24H32N4O2S/c1-16-7-10-31-23(16)24(29)28-8-9-30-22-6-3-17(11-19(22)14-28)13-27(2)15-20-12-21(26-25-20)18-4-5-18/h3,6-7,10-11,18,20-21,25-26H,4-5,8-9,12-15H2,1-2H3. The molecule has 5 rings (SSSR count). The van der Waals surface area contributed by atoms with E-state index in [4.69, 9.17) is 4.74 Å². The summed E-state index contributed by atoms with van der Waals surface area (Å²) in [6, 6.07) is 9.60. The van der Waals surface area contributed by atoms with Gasteiger partial charge in [-0.25, -0.2) is 0 Å². The summed E-state index contributed by atoms with van der Waals surface area (Å²) < 4.78 is 5.96. The number of aryl methyl sites for hydroxylation is 1. The van der Waals surface area contributed by atoms with E-state index in [1.165, 1.54) is 36.2 Å². The Morgan fingerprint density at radius 1 is 1.29 bits per heavy atom. The van der Waals surface area contributed by atoms with Gasteiger partial charge in [0, 0.05) is 37.3 Å². The highest BCUT2D eigenvalue weighted by atomic mass is 32.1. The highest BCUT2D eigenvalue weighted by Crippen LogP contribution is 2.35. The molecule has 3 heterocycles. The maximum absolute atomic E-state index is 13.0. The fourth-order valence-electron chi connectivity index (χ4n) is 4.79. The van der Waals surface area contributed by atoms with Crippen LogP contribution in [0.5, 0.6) is 5.75 Å². The lowest BCUT2D eigenvalue weighted by atomic mass is 10.1. The minimum atomic E-state index is 0.108. The number of hydrazine groups is 1. The van der Waals surface area contributed by atoms with Gasteiger partial charge in [-0.1, -0.05) is 6.07 Å². The minimum Gasteiger partial charge on any atom is -0.491 e. The molecular weight excluding hydrogens is 408 g/mol. The van der Waals surface area contributed by atoms with E-state index in [1.54, 1.807) is 0 Å². The van der Waals surface area contributed by atoms with Crippen LogP contribution in [0, 0.1) is 12.8 Å². The zero-order valence-corrected chi connectivity index (χ0v) is 19.2. The van der Waals surface area contributed by atoms with Crippen molar-refractivity contribution in [2.75, 3.05) is 26.7 Å². The number of thiophene rings is 1. The molecule has 3 aliphatic rings. The summed E-state index contributed by atoms with van der Waals surface area (Å²) in [5, 5.41) is 1.99. The van der Waals surface area contributed by atoms with Crippen LogP contribution < -0.4 is 15.6 Å². The van der Waals surface area contributed by atoms with Crippen LogP contribution in [-0.2, 0) is 13.1 Å². The molecule has 1 aromatic carbocycles. The Labute approximate surface area is 188 Å². The number of benzene rings is 1. The molecule has 2 aromatic rings. The van der Waals surface area contributed by atoms with Crippen LogP contribution in [0.1, 0.15) is 45.6 Å². The molecule has 166 valence electrons. The molecule has 1 amide bonds. The molecule has 6 nitrogen and oxygen atoms in total. The highest BCUT2D eigenvalue weighted by Gasteiger charge is 2.36. The van der Waals surface area contributed by atoms with Gasteiger partial charge in [-0.05, 0) is 73.9 Å². The van der Waals surface area contributed by atoms with Gasteiger partial charge in [0.05, 0.1) is 11.4 Å². The number of carbonyl (C=O) groups excluding carboxylic acids is 1. The summed E-state index contributed by atoms with van der Waals surface area (Å²) in [5.74, 6) is 1.89. The quantitative estimate of drug-likeness (QED) is 0.723. The summed E-state index contributed by atoms with van der Waals surface area (Å²) in [4.78, 5) is 18.2. The minimum absolute atomic E-state index is 0.108. The van der Waals surface area contributed by atoms with Gasteiger partial charge in [0.1, 0.15) is 12.4 Å². The van der Waals surface area contributed by atoms with Gasteiger partial charge in [-0.15, -0.1) is 11.3 Å². The van der Waals surface area contributed by atoms with Crippen molar-refractivity contribution in [3.63, 3.8) is 0 Å². The van der Waals surface area contributed by atoms with Gasteiger partial charge in [0.15, 0.2) is 0 Å². The summed E-state index contributed by atoms with van der Waals surface area (Å²) in [5.41, 5.74) is 10.4. The van der Waals surface area contributed by atoms with Crippen LogP contribution in [0.25, 0.3) is 0 Å². The largest absolute Gasteiger partial charge is 0.491 e. The number of nitrogens with one attached hydrogen (secondary N) is 2. The first-order chi connectivity index (χ1) is 15.1. The number of hydrogen-bond donors (Lipinski definition) is 2. The maximum atomic E-state index is 13.0. The Morgan fingerprint density at radius 2 is 2.16 bits per heavy atom. The van der Waals surface area contributed by atoms with Crippen molar-refractivity contribution in [2.24, 2.45) is 5.92 Å². The number of amides is 1. The van der Waals surface area contributed by atoms with Crippen molar-refractivity contribution >= 4 is 17.2 Å². The number of hydrogen-bond acceptors (Lipinski definition) is 6. The number of fused-ring (bicyclic) bond motifs is 1. The van der Waals surface area contributed by atoms with Crippen molar-refractivity contribution in [3.8, 4) is 5.75 Å². The number of ether oxygens (including phenoxy) is 1. The molecule has 0 bridgehead atoms. The zero-order valence-electron chi connectivity index (χ0n) is 18.4. The Hall–Kier alpha value is -1.93. The molecule has 1 saturated carbocycles. The van der Waals surface area contributed by atoms with Crippen LogP contribution >= 0.6 is 11.3 Å². The molecule has 2 aliphatic heterocycles. The fourth-order valence-corrected chi connectivity index (χ4v) is 5.68. The van der Waals surface area contributed by atoms with E-state index in [2.05, 4.69) is 41.0 Å². The summed E-state index contributed by atoms with van der Waals surface area (Å²) >= 11 is 1.52. The molecule has 0 spiro atoms. The molecule has 2 N–H and O–H groups in total. The van der Waals surface area contributed by atoms with Crippen molar-refractivity contribution in [3.05, 3.63) is 51.2 Å². The van der Waals surface area contributed by atoms with Crippen LogP contribution in [0.2, 0.25) is 0 Å². The Kier molecular flexibility index (Phi) is 6.01. The SMILES string of the molecule is Cc1ccsc1C(=O)N1CCOc2ccc(CN(C)CC3CC(C4CC4)NN3)cc2C1. The molecular formula is C24H32N4O2S. The van der Waals surface area contributed by atoms with E-state index in [0.717, 1.165) is 40.8 Å². The number of likely N-dealkylation sites (N-methyl/N-ethyl adjacent to an activating group) is 1. The first-order valence-electron chi connectivity index (χ1n) is 11.3. The maximum Gasteiger partial charge on any atom is 0.264 e. The predicted molar refractivity (Wildman–Crippen MR) is 123 cm³/mol. The zero-order chi connectivity index (χ0) is 21.4. The van der Waals surface area contributed by atoms with Crippen molar-refractivity contribution in [1.29, 1.82) is 0 Å². The van der Waals surface area contributed by atoms with Crippen molar-refractivity contribution < 1.29 is 9.53 Å². The van der Waals surface area contributed by atoms with Gasteiger partial charge >= 0.3 is 0 Å². The molecule has 1 aromatic heterocycles. The molecule has 2 fully saturated rings. The Morgan fingerprint density at radius 3 is 2.94 bits per heavy atom. The summed E-state index contributed by atoms with van der Waals surface area (Å²) in [6.07, 6.45) is 3.97. The Bertz CT molecular complexity index is 941. The Balaban J connectivity index is 1.22. The third-order valence-electron chi connectivity index (χ3n) is 6.64. The summed E-state index contributed by atoms with van der Waals surface area (Å²) in [7, 11) is 2.18. The molecule has 1 aliphatic carbocycles. The smallest absolute Gasteiger partial charge is 0.264 e. The molecule has 2 unspecified atom stereocenters. The monoisotopic (exact) mass is 440 g/mol. The molecule has 0 radical (unpaired) electrons. The topological polar surface area (TPSA) is 56.8 Å². The van der Waals surface area contributed by atoms with Gasteiger partial charge in [-0.2, -0.15) is 0 Å². The summed E-state index contributed by atoms with van der Waals surface area (Å²) in [6.45, 7) is 5.65. The van der Waals surface area contributed by atoms with E-state index >= 15 is 0 Å². The van der Waals surface area contributed by atoms with E-state index < -0.39 is 0 Å². The third-order valence-corrected chi connectivity index (χ3v) is 7.64. The predicted octanol–water partition coefficient (Wildman–Crippen LogP) is 3.17. The lowest BCUT2D eigenvalue weighted by molar-refractivity contribution is 0.0737. The van der Waals surface area contributed by atoms with Gasteiger partial charge in [0.2, 0.25) is 0 Å². The lowest BCUT2D eigenvalue weighted by Crippen LogP contribution is -2.39. The van der Waals surface area contributed by atoms with Crippen LogP contribution in [0.3, 0.4) is 0 Å². The van der Waals surface area contributed by atoms with Crippen LogP contribution in [0.15, 0.2) is 29.6 Å². The van der Waals surface area contributed by atoms with Gasteiger partial charge in [0.25, 0.3) is 5.91 Å². The average Bonchev–Trinajstić information content (AvgIpc) is 3.41. The van der Waals surface area contributed by atoms with E-state index in [0.29, 0.717) is 31.8 Å². The molecule has 7 heteroatoms. The van der Waals surface area contributed by atoms with Crippen LogP contribution in [-0.4, -0.2) is 54.5 Å². The second kappa shape index (κ2) is 8.90. The normalized spacial score (nSPS) is 23.5. The molecule has 2 atom stereocenters. The fraction of sp³-hybridized carbons (Fsp3) is 0.542. The van der Waals surface area contributed by atoms with Gasteiger partial charge in [-0.3, -0.25) is 15.6 Å². The van der Waals surface area contributed by atoms with E-state index in [-0.39, 0.29) is 5.91 Å². The van der Waals surface area contributed by atoms with Crippen molar-refractivity contribution in [2.45, 2.75) is 51.4 Å². The average molecular weight is 441 g/mol. The molecule has 1 saturated heterocycles. The van der Waals surface area contributed by atoms with Gasteiger partial charge < -0.3 is 14.5 Å². The van der Waals surface area contributed by atoms with Crippen LogP contribution in [0.4, 0.5) is 0 Å². The first-order valence-corrected chi connectivity index (χ1v) is 12.2. The van der Waals surface area contributed by atoms with E-state index in [1.807, 2.05) is 23.3 Å². The van der Waals surface area contributed by atoms with E-state index in [9.17, 15) is 4.79 Å². The molecule has 31 heavy (non-hydrogen) atoms. The second-order valence-electron chi connectivity index (χ2n) is 9.31. The first kappa shape index (κ1) is 20.9.